The van der Waals surface area contributed by atoms with Crippen molar-refractivity contribution >= 4 is 27.3 Å². The van der Waals surface area contributed by atoms with Gasteiger partial charge >= 0.3 is 0 Å². The van der Waals surface area contributed by atoms with Gasteiger partial charge in [0.05, 0.1) is 81.4 Å². The quantitative estimate of drug-likeness (QED) is 0.112. The monoisotopic (exact) mass is 753 g/mol. The number of nitrogens with zero attached hydrogens (tertiary/aromatic N) is 1. The van der Waals surface area contributed by atoms with Gasteiger partial charge in [-0.1, -0.05) is 78.9 Å². The largest absolute Gasteiger partial charge is 0.726 e. The number of quaternary nitrogens is 2. The van der Waals surface area contributed by atoms with Crippen molar-refractivity contribution in [1.29, 1.82) is 0 Å². The van der Waals surface area contributed by atoms with Crippen LogP contribution in [0, 0.1) is 5.92 Å². The topological polar surface area (TPSA) is 146 Å². The Morgan fingerprint density at radius 2 is 1.40 bits per heavy atom. The molecule has 4 aromatic rings. The number of fused-ring (bicyclic) bond motifs is 1. The first-order valence-electron chi connectivity index (χ1n) is 17.7. The third-order valence-corrected chi connectivity index (χ3v) is 8.23. The summed E-state index contributed by atoms with van der Waals surface area (Å²) in [4.78, 5) is 15.8. The number of nitrogens with one attached hydrogen (secondary N) is 2. The minimum Gasteiger partial charge on any atom is -0.726 e. The molecule has 290 valence electrons. The molecule has 12 nitrogen and oxygen atoms in total. The molecule has 0 bridgehead atoms. The number of carboxylic acid groups (broad SMARTS) is 1. The van der Waals surface area contributed by atoms with Gasteiger partial charge in [-0.3, -0.25) is 4.18 Å². The van der Waals surface area contributed by atoms with Crippen LogP contribution in [0.4, 0.5) is 4.79 Å². The first-order chi connectivity index (χ1) is 25.2. The Morgan fingerprint density at radius 1 is 0.774 bits per heavy atom. The van der Waals surface area contributed by atoms with Gasteiger partial charge in [0.1, 0.15) is 11.8 Å². The van der Waals surface area contributed by atoms with Crippen LogP contribution in [0.5, 0.6) is 5.75 Å². The van der Waals surface area contributed by atoms with Gasteiger partial charge in [-0.25, -0.2) is 8.42 Å². The van der Waals surface area contributed by atoms with E-state index in [4.69, 9.17) is 14.2 Å². The molecule has 13 heteroatoms. The summed E-state index contributed by atoms with van der Waals surface area (Å²) in [6.45, 7) is 1.14. The van der Waals surface area contributed by atoms with Crippen LogP contribution >= 0.6 is 0 Å². The number of carbonyl (C=O) groups is 1. The fourth-order valence-corrected chi connectivity index (χ4v) is 6.00. The normalized spacial score (nSPS) is 17.2. The molecule has 1 amide bonds. The Hall–Kier alpha value is -4.08. The number of benzene rings is 4. The molecule has 2 N–H and O–H groups in total. The number of amides is 1. The molecule has 1 saturated heterocycles. The van der Waals surface area contributed by atoms with Gasteiger partial charge in [-0.15, -0.1) is 0 Å². The number of likely N-dealkylation sites (tertiary alicyclic amines) is 1. The summed E-state index contributed by atoms with van der Waals surface area (Å²) in [7, 11) is 7.50. The molecule has 5 rings (SSSR count). The maximum Gasteiger partial charge on any atom is 0.217 e. The minimum absolute atomic E-state index is 0.00242. The molecule has 53 heavy (non-hydrogen) atoms. The van der Waals surface area contributed by atoms with Gasteiger partial charge in [0.15, 0.2) is 0 Å². The summed E-state index contributed by atoms with van der Waals surface area (Å²) in [5.74, 6) is -0.545. The first-order valence-corrected chi connectivity index (χ1v) is 19.1. The highest BCUT2D eigenvalue weighted by Crippen LogP contribution is 2.37. The van der Waals surface area contributed by atoms with E-state index in [9.17, 15) is 22.9 Å². The zero-order chi connectivity index (χ0) is 38.8. The van der Waals surface area contributed by atoms with Crippen LogP contribution in [0.15, 0.2) is 97.1 Å². The predicted molar refractivity (Wildman–Crippen MR) is 201 cm³/mol. The zero-order valence-corrected chi connectivity index (χ0v) is 32.5. The molecule has 1 fully saturated rings. The Kier molecular flexibility index (Phi) is 18.2. The molecule has 1 aliphatic heterocycles. The van der Waals surface area contributed by atoms with E-state index >= 15 is 0 Å². The van der Waals surface area contributed by atoms with Crippen LogP contribution in [0.1, 0.15) is 29.0 Å². The summed E-state index contributed by atoms with van der Waals surface area (Å²) < 4.78 is 56.6. The van der Waals surface area contributed by atoms with E-state index < -0.39 is 41.0 Å². The fraction of sp³-hybridized carbons (Fsp3) is 0.425. The van der Waals surface area contributed by atoms with Crippen molar-refractivity contribution in [2.24, 2.45) is 5.92 Å². The zero-order valence-electron chi connectivity index (χ0n) is 31.7. The van der Waals surface area contributed by atoms with Crippen molar-refractivity contribution in [3.8, 4) is 5.75 Å². The van der Waals surface area contributed by atoms with Crippen molar-refractivity contribution < 1.29 is 51.1 Å². The Bertz CT molecular complexity index is 1750. The summed E-state index contributed by atoms with van der Waals surface area (Å²) in [5.41, 5.74) is 2.77. The van der Waals surface area contributed by atoms with Gasteiger partial charge in [-0.05, 0) is 45.7 Å². The van der Waals surface area contributed by atoms with Gasteiger partial charge in [0.2, 0.25) is 10.4 Å². The van der Waals surface area contributed by atoms with Crippen LogP contribution in [-0.4, -0.2) is 105 Å². The third-order valence-electron chi connectivity index (χ3n) is 7.80. The van der Waals surface area contributed by atoms with Crippen molar-refractivity contribution in [2.75, 3.05) is 75.2 Å². The summed E-state index contributed by atoms with van der Waals surface area (Å²) in [6.07, 6.45) is -1.40. The number of piperidine rings is 1. The van der Waals surface area contributed by atoms with E-state index in [-0.39, 0.29) is 19.7 Å². The summed E-state index contributed by atoms with van der Waals surface area (Å²) in [5, 5.41) is 14.0. The highest BCUT2D eigenvalue weighted by molar-refractivity contribution is 7.80. The Balaban J connectivity index is 0.000000859. The van der Waals surface area contributed by atoms with Gasteiger partial charge in [-0.2, -0.15) is 0 Å². The second-order valence-corrected chi connectivity index (χ2v) is 15.0. The fourth-order valence-electron chi connectivity index (χ4n) is 5.66. The van der Waals surface area contributed by atoms with Crippen LogP contribution in [-0.2, 0) is 37.3 Å². The highest BCUT2D eigenvalue weighted by atomic mass is 32.3. The molecule has 0 aliphatic carbocycles. The predicted octanol–water partition coefficient (Wildman–Crippen LogP) is 1.77. The van der Waals surface area contributed by atoms with Gasteiger partial charge in [0.25, 0.3) is 0 Å². The van der Waals surface area contributed by atoms with Crippen LogP contribution < -0.4 is 19.6 Å². The van der Waals surface area contributed by atoms with Crippen molar-refractivity contribution in [3.05, 3.63) is 114 Å². The molecule has 4 aromatic carbocycles. The van der Waals surface area contributed by atoms with E-state index in [1.807, 2.05) is 84.9 Å². The molecule has 0 saturated carbocycles. The maximum absolute atomic E-state index is 11.9. The summed E-state index contributed by atoms with van der Waals surface area (Å²) in [6, 6.07) is 31.1. The smallest absolute Gasteiger partial charge is 0.217 e. The Morgan fingerprint density at radius 3 is 2.02 bits per heavy atom. The third kappa shape index (κ3) is 16.6. The van der Waals surface area contributed by atoms with E-state index in [1.54, 1.807) is 12.1 Å². The molecule has 3 unspecified atom stereocenters. The van der Waals surface area contributed by atoms with Gasteiger partial charge in [0, 0.05) is 31.3 Å². The average Bonchev–Trinajstić information content (AvgIpc) is 3.11. The second-order valence-electron chi connectivity index (χ2n) is 14.0. The lowest BCUT2D eigenvalue weighted by Gasteiger charge is -2.45. The van der Waals surface area contributed by atoms with E-state index in [1.165, 1.54) is 9.80 Å². The van der Waals surface area contributed by atoms with Crippen LogP contribution in [0.3, 0.4) is 0 Å². The second kappa shape index (κ2) is 22.2. The van der Waals surface area contributed by atoms with Crippen molar-refractivity contribution in [2.45, 2.75) is 31.7 Å². The maximum atomic E-state index is 11.9. The lowest BCUT2D eigenvalue weighted by atomic mass is 9.79. The van der Waals surface area contributed by atoms with E-state index in [0.29, 0.717) is 32.0 Å². The number of hydrogen-bond donors (Lipinski definition) is 2. The molecule has 0 radical (unpaired) electrons. The molecule has 1 aliphatic rings. The number of hydrogen-bond acceptors (Lipinski definition) is 9. The molecule has 1 heterocycles. The van der Waals surface area contributed by atoms with Crippen molar-refractivity contribution in [1.82, 2.24) is 4.90 Å². The standard InChI is InChI=1S/C34H37NO9S.2C3H9N/c36-34(37)35-20-30(24-44-45(38,39)40)33(32(21-35)43-23-26-11-12-27-9-4-5-10-29(27)19-26)28-13-15-31(16-14-28)42-18-6-17-41-22-25-7-2-1-3-8-25;2*1-4(2)3/h1-5,7-16,19,30,32-33H,6,17-18,20-24H2,(H,36,37)(H,38,39,40);2*1-3H3. The first kappa shape index (κ1) is 43.3. The highest BCUT2D eigenvalue weighted by Gasteiger charge is 2.39. The van der Waals surface area contributed by atoms with E-state index in [0.717, 1.165) is 32.4 Å². The minimum atomic E-state index is -5.00. The average molecular weight is 754 g/mol. The van der Waals surface area contributed by atoms with Gasteiger partial charge < -0.3 is 43.4 Å². The molecule has 0 spiro atoms. The lowest BCUT2D eigenvalue weighted by Crippen LogP contribution is -3.02. The lowest BCUT2D eigenvalue weighted by molar-refractivity contribution is -0.836. The SMILES string of the molecule is C[NH+](C)C.C[NH+](C)C.O=C([O-])N1CC(COS(=O)(=O)[O-])C(c2ccc(OCCCOCc3ccccc3)cc2)C(OCc2ccc3ccccc3c2)C1. The summed E-state index contributed by atoms with van der Waals surface area (Å²) >= 11 is 0. The number of rotatable bonds is 14. The molecule has 3 atom stereocenters. The number of carbonyl (C=O) groups excluding carboxylic acids is 1. The molecular formula is C40H55N3O9S. The number of ether oxygens (including phenoxy) is 3. The van der Waals surface area contributed by atoms with Crippen molar-refractivity contribution in [3.63, 3.8) is 0 Å². The Labute approximate surface area is 314 Å². The molecular weight excluding hydrogens is 699 g/mol. The van der Waals surface area contributed by atoms with Crippen LogP contribution in [0.2, 0.25) is 0 Å². The van der Waals surface area contributed by atoms with Crippen LogP contribution in [0.25, 0.3) is 10.8 Å². The molecule has 0 aromatic heterocycles. The van der Waals surface area contributed by atoms with E-state index in [2.05, 4.69) is 46.5 Å².